The van der Waals surface area contributed by atoms with Gasteiger partial charge in [0.05, 0.1) is 33.3 Å². The van der Waals surface area contributed by atoms with Crippen LogP contribution in [0.25, 0.3) is 109 Å². The molecule has 0 amide bonds. The van der Waals surface area contributed by atoms with Gasteiger partial charge in [-0.25, -0.2) is 9.97 Å². The molecule has 8 aromatic carbocycles. The highest BCUT2D eigenvalue weighted by molar-refractivity contribution is 7.27. The average Bonchev–Trinajstić information content (AvgIpc) is 3.92. The fourth-order valence-electron chi connectivity index (χ4n) is 8.78. The third-order valence-electron chi connectivity index (χ3n) is 11.1. The fourth-order valence-corrected chi connectivity index (χ4v) is 10.1. The summed E-state index contributed by atoms with van der Waals surface area (Å²) >= 11 is 1.90. The molecule has 0 N–H and O–H groups in total. The van der Waals surface area contributed by atoms with Crippen molar-refractivity contribution in [2.45, 2.75) is 0 Å². The van der Waals surface area contributed by atoms with Crippen LogP contribution >= 0.6 is 11.3 Å². The monoisotopic (exact) mass is 718 g/mol. The maximum absolute atomic E-state index is 5.26. The number of hydrogen-bond acceptors (Lipinski definition) is 3. The predicted molar refractivity (Wildman–Crippen MR) is 232 cm³/mol. The van der Waals surface area contributed by atoms with Crippen molar-refractivity contribution in [3.63, 3.8) is 0 Å². The van der Waals surface area contributed by atoms with Gasteiger partial charge in [-0.3, -0.25) is 0 Å². The van der Waals surface area contributed by atoms with E-state index in [1.165, 1.54) is 58.3 Å². The molecule has 0 saturated carbocycles. The van der Waals surface area contributed by atoms with Gasteiger partial charge in [-0.1, -0.05) is 133 Å². The SMILES string of the molecule is c1ccc(-c2nc(-c3ccccc3)c3cc(-n4c5ccccc5c5c6sc7ccccc7c6c6c7ccccc7n(-c7ccccc7)c6c54)ccc3n2)cc1. The molecule has 0 aliphatic heterocycles. The Hall–Kier alpha value is -7.08. The van der Waals surface area contributed by atoms with Gasteiger partial charge in [0.15, 0.2) is 5.82 Å². The van der Waals surface area contributed by atoms with E-state index in [0.29, 0.717) is 0 Å². The molecule has 4 nitrogen and oxygen atoms in total. The number of nitrogens with zero attached hydrogens (tertiary/aromatic N) is 4. The van der Waals surface area contributed by atoms with E-state index in [1.807, 2.05) is 29.5 Å². The maximum atomic E-state index is 5.26. The minimum Gasteiger partial charge on any atom is -0.307 e. The summed E-state index contributed by atoms with van der Waals surface area (Å²) in [6.45, 7) is 0. The molecule has 12 aromatic rings. The first-order valence-corrected chi connectivity index (χ1v) is 19.4. The number of hydrogen-bond donors (Lipinski definition) is 0. The maximum Gasteiger partial charge on any atom is 0.160 e. The molecule has 12 rings (SSSR count). The van der Waals surface area contributed by atoms with Crippen molar-refractivity contribution in [1.82, 2.24) is 19.1 Å². The minimum atomic E-state index is 0.720. The highest BCUT2D eigenvalue weighted by Gasteiger charge is 2.27. The summed E-state index contributed by atoms with van der Waals surface area (Å²) in [6.07, 6.45) is 0. The Balaban J connectivity index is 1.29. The summed E-state index contributed by atoms with van der Waals surface area (Å²) in [5, 5.41) is 8.68. The van der Waals surface area contributed by atoms with Gasteiger partial charge in [-0.05, 0) is 48.5 Å². The molecule has 0 unspecified atom stereocenters. The van der Waals surface area contributed by atoms with Crippen LogP contribution in [-0.4, -0.2) is 19.1 Å². The van der Waals surface area contributed by atoms with Crippen molar-refractivity contribution in [3.05, 3.63) is 182 Å². The van der Waals surface area contributed by atoms with Crippen LogP contribution in [0, 0.1) is 0 Å². The summed E-state index contributed by atoms with van der Waals surface area (Å²) in [7, 11) is 0. The summed E-state index contributed by atoms with van der Waals surface area (Å²) < 4.78 is 7.59. The van der Waals surface area contributed by atoms with Crippen LogP contribution in [0.4, 0.5) is 0 Å². The first kappa shape index (κ1) is 30.4. The Morgan fingerprint density at radius 3 is 1.69 bits per heavy atom. The molecule has 0 saturated heterocycles. The van der Waals surface area contributed by atoms with E-state index in [-0.39, 0.29) is 0 Å². The lowest BCUT2D eigenvalue weighted by molar-refractivity contribution is 1.15. The molecule has 0 fully saturated rings. The van der Waals surface area contributed by atoms with E-state index >= 15 is 0 Å². The largest absolute Gasteiger partial charge is 0.307 e. The Morgan fingerprint density at radius 1 is 0.400 bits per heavy atom. The van der Waals surface area contributed by atoms with E-state index < -0.39 is 0 Å². The molecule has 4 aromatic heterocycles. The summed E-state index contributed by atoms with van der Waals surface area (Å²) in [4.78, 5) is 10.4. The number of benzene rings is 8. The highest BCUT2D eigenvalue weighted by Crippen LogP contribution is 2.51. The average molecular weight is 719 g/mol. The molecule has 4 heterocycles. The Labute approximate surface area is 319 Å². The van der Waals surface area contributed by atoms with Gasteiger partial charge >= 0.3 is 0 Å². The zero-order chi connectivity index (χ0) is 36.0. The second kappa shape index (κ2) is 11.7. The Kier molecular flexibility index (Phi) is 6.47. The summed E-state index contributed by atoms with van der Waals surface area (Å²) in [5.41, 5.74) is 10.8. The first-order valence-electron chi connectivity index (χ1n) is 18.6. The third kappa shape index (κ3) is 4.39. The van der Waals surface area contributed by atoms with Crippen LogP contribution in [0.5, 0.6) is 0 Å². The smallest absolute Gasteiger partial charge is 0.160 e. The second-order valence-corrected chi connectivity index (χ2v) is 15.2. The number of rotatable bonds is 4. The van der Waals surface area contributed by atoms with E-state index in [0.717, 1.165) is 50.4 Å². The minimum absolute atomic E-state index is 0.720. The zero-order valence-corrected chi connectivity index (χ0v) is 30.3. The van der Waals surface area contributed by atoms with E-state index in [2.05, 4.69) is 173 Å². The van der Waals surface area contributed by atoms with E-state index in [1.54, 1.807) is 0 Å². The van der Waals surface area contributed by atoms with E-state index in [4.69, 9.17) is 9.97 Å². The van der Waals surface area contributed by atoms with Gasteiger partial charge in [0.25, 0.3) is 0 Å². The van der Waals surface area contributed by atoms with Crippen molar-refractivity contribution >= 4 is 86.0 Å². The van der Waals surface area contributed by atoms with Gasteiger partial charge in [0.1, 0.15) is 0 Å². The van der Waals surface area contributed by atoms with Gasteiger partial charge in [-0.15, -0.1) is 11.3 Å². The van der Waals surface area contributed by atoms with Crippen LogP contribution < -0.4 is 0 Å². The quantitative estimate of drug-likeness (QED) is 0.182. The molecule has 256 valence electrons. The topological polar surface area (TPSA) is 35.6 Å². The lowest BCUT2D eigenvalue weighted by Gasteiger charge is -2.15. The van der Waals surface area contributed by atoms with Crippen molar-refractivity contribution in [3.8, 4) is 34.0 Å². The summed E-state index contributed by atoms with van der Waals surface area (Å²) in [6, 6.07) is 65.0. The van der Waals surface area contributed by atoms with Crippen molar-refractivity contribution < 1.29 is 0 Å². The van der Waals surface area contributed by atoms with Gasteiger partial charge in [-0.2, -0.15) is 0 Å². The molecular formula is C50H30N4S. The second-order valence-electron chi connectivity index (χ2n) is 14.1. The van der Waals surface area contributed by atoms with Gasteiger partial charge in [0, 0.05) is 69.6 Å². The molecule has 0 spiro atoms. The lowest BCUT2D eigenvalue weighted by Crippen LogP contribution is -2.00. The first-order chi connectivity index (χ1) is 27.3. The number of aromatic nitrogens is 4. The van der Waals surface area contributed by atoms with Crippen molar-refractivity contribution in [2.24, 2.45) is 0 Å². The number of fused-ring (bicyclic) bond motifs is 13. The molecule has 0 bridgehead atoms. The molecule has 55 heavy (non-hydrogen) atoms. The van der Waals surface area contributed by atoms with Crippen LogP contribution in [0.3, 0.4) is 0 Å². The van der Waals surface area contributed by atoms with Crippen molar-refractivity contribution in [2.75, 3.05) is 0 Å². The molecule has 5 heteroatoms. The molecular weight excluding hydrogens is 689 g/mol. The van der Waals surface area contributed by atoms with Crippen LogP contribution in [-0.2, 0) is 0 Å². The highest BCUT2D eigenvalue weighted by atomic mass is 32.1. The Morgan fingerprint density at radius 2 is 0.964 bits per heavy atom. The summed E-state index contributed by atoms with van der Waals surface area (Å²) in [5.74, 6) is 0.720. The molecule has 0 aliphatic carbocycles. The van der Waals surface area contributed by atoms with E-state index in [9.17, 15) is 0 Å². The standard InChI is InChI=1S/C50H30N4S/c1-4-16-31(17-5-1)46-38-30-34(28-29-39(38)51-50(52-46)32-18-6-2-7-19-32)54-41-26-14-11-23-36(41)45-48(54)47-43(44-37-24-12-15-27-42(37)55-49(44)45)35-22-10-13-25-40(35)53(47)33-20-8-3-9-21-33/h1-30H. The Bertz CT molecular complexity index is 3470. The zero-order valence-electron chi connectivity index (χ0n) is 29.5. The molecule has 0 radical (unpaired) electrons. The van der Waals surface area contributed by atoms with Crippen LogP contribution in [0.15, 0.2) is 182 Å². The number of para-hydroxylation sites is 3. The lowest BCUT2D eigenvalue weighted by atomic mass is 10.0. The van der Waals surface area contributed by atoms with Crippen molar-refractivity contribution in [1.29, 1.82) is 0 Å². The van der Waals surface area contributed by atoms with Gasteiger partial charge in [0.2, 0.25) is 0 Å². The third-order valence-corrected chi connectivity index (χ3v) is 12.3. The predicted octanol–water partition coefficient (Wildman–Crippen LogP) is 13.5. The number of thiophene rings is 1. The fraction of sp³-hybridized carbons (Fsp3) is 0. The van der Waals surface area contributed by atoms with Gasteiger partial charge < -0.3 is 9.13 Å². The molecule has 0 aliphatic rings. The van der Waals surface area contributed by atoms with Crippen LogP contribution in [0.1, 0.15) is 0 Å². The van der Waals surface area contributed by atoms with Crippen LogP contribution in [0.2, 0.25) is 0 Å². The normalized spacial score (nSPS) is 12.0. The molecule has 0 atom stereocenters.